The molecule has 0 aliphatic rings. The van der Waals surface area contributed by atoms with Crippen LogP contribution in [0.15, 0.2) is 89.8 Å². The molecule has 166 valence electrons. The molecule has 32 heavy (non-hydrogen) atoms. The van der Waals surface area contributed by atoms with Gasteiger partial charge in [-0.25, -0.2) is 0 Å². The zero-order valence-electron chi connectivity index (χ0n) is 18.0. The normalized spacial score (nSPS) is 11.6. The maximum absolute atomic E-state index is 13.4. The molecule has 0 spiro atoms. The van der Waals surface area contributed by atoms with Crippen molar-refractivity contribution in [2.24, 2.45) is 0 Å². The van der Waals surface area contributed by atoms with Crippen molar-refractivity contribution in [1.82, 2.24) is 10.2 Å². The topological polar surface area (TPSA) is 49.4 Å². The summed E-state index contributed by atoms with van der Waals surface area (Å²) in [6.45, 7) is 2.69. The van der Waals surface area contributed by atoms with E-state index in [0.717, 1.165) is 16.0 Å². The Kier molecular flexibility index (Phi) is 9.20. The number of nitrogens with one attached hydrogen (secondary N) is 1. The van der Waals surface area contributed by atoms with Crippen LogP contribution in [-0.2, 0) is 22.6 Å². The highest BCUT2D eigenvalue weighted by Gasteiger charge is 2.30. The van der Waals surface area contributed by atoms with Crippen LogP contribution in [-0.4, -0.2) is 35.1 Å². The number of likely N-dealkylation sites (N-methyl/N-ethyl adjacent to an activating group) is 1. The van der Waals surface area contributed by atoms with Crippen molar-refractivity contribution in [2.45, 2.75) is 30.8 Å². The number of amides is 2. The SMILES string of the molecule is CCNC(=O)[C@H](Cc1ccccc1)N(Cc1cccc(Cl)c1)C(=O)CSc1ccccc1. The molecule has 0 unspecified atom stereocenters. The molecule has 1 atom stereocenters. The van der Waals surface area contributed by atoms with Crippen molar-refractivity contribution in [1.29, 1.82) is 0 Å². The minimum absolute atomic E-state index is 0.0917. The van der Waals surface area contributed by atoms with Gasteiger partial charge in [-0.3, -0.25) is 9.59 Å². The number of hydrogen-bond donors (Lipinski definition) is 1. The van der Waals surface area contributed by atoms with Gasteiger partial charge in [-0.2, -0.15) is 0 Å². The Bertz CT molecular complexity index is 1010. The van der Waals surface area contributed by atoms with Gasteiger partial charge in [-0.15, -0.1) is 11.8 Å². The quantitative estimate of drug-likeness (QED) is 0.417. The lowest BCUT2D eigenvalue weighted by atomic mass is 10.0. The van der Waals surface area contributed by atoms with E-state index in [1.807, 2.05) is 85.8 Å². The molecule has 0 saturated carbocycles. The van der Waals surface area contributed by atoms with Crippen LogP contribution in [0.4, 0.5) is 0 Å². The van der Waals surface area contributed by atoms with Crippen LogP contribution in [0, 0.1) is 0 Å². The van der Waals surface area contributed by atoms with Crippen molar-refractivity contribution in [3.63, 3.8) is 0 Å². The Hall–Kier alpha value is -2.76. The summed E-state index contributed by atoms with van der Waals surface area (Å²) in [6.07, 6.45) is 0.439. The summed E-state index contributed by atoms with van der Waals surface area (Å²) < 4.78 is 0. The average Bonchev–Trinajstić information content (AvgIpc) is 2.81. The Morgan fingerprint density at radius 3 is 2.25 bits per heavy atom. The summed E-state index contributed by atoms with van der Waals surface area (Å²) in [5, 5.41) is 3.51. The molecule has 2 amide bonds. The third-order valence-corrected chi connectivity index (χ3v) is 6.20. The van der Waals surface area contributed by atoms with Gasteiger partial charge in [-0.05, 0) is 42.3 Å². The van der Waals surface area contributed by atoms with Crippen LogP contribution in [0.2, 0.25) is 5.02 Å². The maximum atomic E-state index is 13.4. The van der Waals surface area contributed by atoms with Gasteiger partial charge in [0.25, 0.3) is 0 Å². The van der Waals surface area contributed by atoms with E-state index in [1.165, 1.54) is 11.8 Å². The van der Waals surface area contributed by atoms with E-state index in [-0.39, 0.29) is 17.6 Å². The first-order valence-electron chi connectivity index (χ1n) is 10.6. The molecular formula is C26H27ClN2O2S. The largest absolute Gasteiger partial charge is 0.355 e. The van der Waals surface area contributed by atoms with Gasteiger partial charge in [0.1, 0.15) is 6.04 Å². The molecular weight excluding hydrogens is 440 g/mol. The number of carbonyl (C=O) groups is 2. The molecule has 0 heterocycles. The molecule has 0 bridgehead atoms. The fourth-order valence-corrected chi connectivity index (χ4v) is 4.44. The number of benzene rings is 3. The summed E-state index contributed by atoms with van der Waals surface area (Å²) in [5.41, 5.74) is 1.89. The average molecular weight is 467 g/mol. The molecule has 0 fully saturated rings. The van der Waals surface area contributed by atoms with E-state index < -0.39 is 6.04 Å². The summed E-state index contributed by atoms with van der Waals surface area (Å²) >= 11 is 7.65. The lowest BCUT2D eigenvalue weighted by molar-refractivity contribution is -0.139. The molecule has 0 saturated heterocycles. The first kappa shape index (κ1) is 23.9. The summed E-state index contributed by atoms with van der Waals surface area (Å²) in [4.78, 5) is 29.2. The van der Waals surface area contributed by atoms with E-state index in [9.17, 15) is 9.59 Å². The second-order valence-electron chi connectivity index (χ2n) is 7.35. The molecule has 1 N–H and O–H groups in total. The van der Waals surface area contributed by atoms with Crippen molar-refractivity contribution < 1.29 is 9.59 Å². The van der Waals surface area contributed by atoms with Gasteiger partial charge in [0.15, 0.2) is 0 Å². The minimum atomic E-state index is -0.625. The van der Waals surface area contributed by atoms with Gasteiger partial charge in [0, 0.05) is 29.4 Å². The van der Waals surface area contributed by atoms with Gasteiger partial charge >= 0.3 is 0 Å². The van der Waals surface area contributed by atoms with Crippen molar-refractivity contribution >= 4 is 35.2 Å². The zero-order valence-corrected chi connectivity index (χ0v) is 19.6. The fraction of sp³-hybridized carbons (Fsp3) is 0.231. The highest BCUT2D eigenvalue weighted by atomic mass is 35.5. The monoisotopic (exact) mass is 466 g/mol. The van der Waals surface area contributed by atoms with Crippen LogP contribution in [0.3, 0.4) is 0 Å². The Balaban J connectivity index is 1.88. The lowest BCUT2D eigenvalue weighted by Gasteiger charge is -2.31. The summed E-state index contributed by atoms with van der Waals surface area (Å²) in [7, 11) is 0. The number of carbonyl (C=O) groups excluding carboxylic acids is 2. The van der Waals surface area contributed by atoms with Crippen LogP contribution in [0.25, 0.3) is 0 Å². The highest BCUT2D eigenvalue weighted by molar-refractivity contribution is 8.00. The third-order valence-electron chi connectivity index (χ3n) is 4.97. The highest BCUT2D eigenvalue weighted by Crippen LogP contribution is 2.21. The van der Waals surface area contributed by atoms with Gasteiger partial charge in [-0.1, -0.05) is 72.3 Å². The van der Waals surface area contributed by atoms with Crippen molar-refractivity contribution in [2.75, 3.05) is 12.3 Å². The predicted molar refractivity (Wildman–Crippen MR) is 132 cm³/mol. The number of nitrogens with zero attached hydrogens (tertiary/aromatic N) is 1. The van der Waals surface area contributed by atoms with Crippen molar-refractivity contribution in [3.05, 3.63) is 101 Å². The number of rotatable bonds is 10. The number of halogens is 1. The fourth-order valence-electron chi connectivity index (χ4n) is 3.42. The molecule has 0 aliphatic carbocycles. The molecule has 0 aromatic heterocycles. The van der Waals surface area contributed by atoms with Crippen LogP contribution >= 0.6 is 23.4 Å². The molecule has 0 aliphatic heterocycles. The van der Waals surface area contributed by atoms with Gasteiger partial charge in [0.05, 0.1) is 5.75 Å². The summed E-state index contributed by atoms with van der Waals surface area (Å²) in [6, 6.07) is 26.4. The van der Waals surface area contributed by atoms with Gasteiger partial charge < -0.3 is 10.2 Å². The molecule has 3 rings (SSSR count). The molecule has 6 heteroatoms. The number of thioether (sulfide) groups is 1. The zero-order chi connectivity index (χ0) is 22.8. The van der Waals surface area contributed by atoms with E-state index in [0.29, 0.717) is 24.5 Å². The molecule has 0 radical (unpaired) electrons. The molecule has 3 aromatic carbocycles. The van der Waals surface area contributed by atoms with Crippen LogP contribution in [0.1, 0.15) is 18.1 Å². The third kappa shape index (κ3) is 7.14. The smallest absolute Gasteiger partial charge is 0.243 e. The second-order valence-corrected chi connectivity index (χ2v) is 8.84. The van der Waals surface area contributed by atoms with E-state index in [4.69, 9.17) is 11.6 Å². The molecule has 3 aromatic rings. The Morgan fingerprint density at radius 2 is 1.59 bits per heavy atom. The summed E-state index contributed by atoms with van der Waals surface area (Å²) in [5.74, 6) is -0.00242. The lowest BCUT2D eigenvalue weighted by Crippen LogP contribution is -2.51. The minimum Gasteiger partial charge on any atom is -0.355 e. The Morgan fingerprint density at radius 1 is 0.938 bits per heavy atom. The Labute approximate surface area is 199 Å². The first-order valence-corrected chi connectivity index (χ1v) is 12.0. The maximum Gasteiger partial charge on any atom is 0.243 e. The second kappa shape index (κ2) is 12.3. The number of hydrogen-bond acceptors (Lipinski definition) is 3. The van der Waals surface area contributed by atoms with E-state index in [2.05, 4.69) is 5.32 Å². The van der Waals surface area contributed by atoms with Crippen LogP contribution < -0.4 is 5.32 Å². The van der Waals surface area contributed by atoms with Crippen LogP contribution in [0.5, 0.6) is 0 Å². The predicted octanol–water partition coefficient (Wildman–Crippen LogP) is 5.21. The van der Waals surface area contributed by atoms with Crippen molar-refractivity contribution in [3.8, 4) is 0 Å². The standard InChI is InChI=1S/C26H27ClN2O2S/c1-2-28-26(31)24(17-20-10-5-3-6-11-20)29(18-21-12-9-13-22(27)16-21)25(30)19-32-23-14-7-4-8-15-23/h3-16,24H,2,17-19H2,1H3,(H,28,31)/t24-/m0/s1. The molecule has 4 nitrogen and oxygen atoms in total. The van der Waals surface area contributed by atoms with E-state index >= 15 is 0 Å². The van der Waals surface area contributed by atoms with E-state index in [1.54, 1.807) is 11.0 Å². The first-order chi connectivity index (χ1) is 15.6. The van der Waals surface area contributed by atoms with Gasteiger partial charge in [0.2, 0.25) is 11.8 Å².